The number of H-pyrrole nitrogens is 1. The van der Waals surface area contributed by atoms with E-state index < -0.39 is 17.8 Å². The topological polar surface area (TPSA) is 144 Å². The van der Waals surface area contributed by atoms with Crippen molar-refractivity contribution in [2.45, 2.75) is 38.8 Å². The molecule has 2 rings (SSSR count). The van der Waals surface area contributed by atoms with Gasteiger partial charge in [0.05, 0.1) is 22.8 Å². The van der Waals surface area contributed by atoms with Crippen molar-refractivity contribution in [3.8, 4) is 0 Å². The third kappa shape index (κ3) is 5.91. The number of aryl methyl sites for hydroxylation is 1. The molecule has 0 aliphatic carbocycles. The van der Waals surface area contributed by atoms with Crippen LogP contribution in [0.25, 0.3) is 0 Å². The lowest BCUT2D eigenvalue weighted by atomic mass is 10.1. The Hall–Kier alpha value is -2.66. The van der Waals surface area contributed by atoms with E-state index >= 15 is 0 Å². The lowest BCUT2D eigenvalue weighted by Gasteiger charge is -2.07. The minimum Gasteiger partial charge on any atom is -0.462 e. The third-order valence-corrected chi connectivity index (χ3v) is 5.82. The minimum absolute atomic E-state index is 0.0519. The number of anilines is 1. The van der Waals surface area contributed by atoms with Crippen molar-refractivity contribution >= 4 is 45.9 Å². The Morgan fingerprint density at radius 2 is 2.07 bits per heavy atom. The maximum absolute atomic E-state index is 12.4. The number of rotatable bonds is 9. The number of hydrogen-bond acceptors (Lipinski definition) is 8. The summed E-state index contributed by atoms with van der Waals surface area (Å²) in [5, 5.41) is 3.15. The fourth-order valence-corrected chi connectivity index (χ4v) is 4.28. The minimum atomic E-state index is -0.692. The van der Waals surface area contributed by atoms with E-state index in [1.807, 2.05) is 6.92 Å². The second kappa shape index (κ2) is 10.2. The first kappa shape index (κ1) is 22.6. The van der Waals surface area contributed by atoms with Gasteiger partial charge in [0.1, 0.15) is 5.00 Å². The number of ether oxygens (including phenoxy) is 1. The fourth-order valence-electron chi connectivity index (χ4n) is 2.52. The highest BCUT2D eigenvalue weighted by Crippen LogP contribution is 2.33. The van der Waals surface area contributed by atoms with E-state index in [0.29, 0.717) is 22.8 Å². The van der Waals surface area contributed by atoms with Gasteiger partial charge in [-0.3, -0.25) is 14.4 Å². The average molecular weight is 439 g/mol. The summed E-state index contributed by atoms with van der Waals surface area (Å²) in [5.41, 5.74) is 6.20. The normalized spacial score (nSPS) is 10.6. The Morgan fingerprint density at radius 1 is 1.34 bits per heavy atom. The summed E-state index contributed by atoms with van der Waals surface area (Å²) < 4.78 is 5.01. The van der Waals surface area contributed by atoms with Crippen molar-refractivity contribution in [3.63, 3.8) is 0 Å². The number of nitrogens with one attached hydrogen (secondary N) is 2. The van der Waals surface area contributed by atoms with Gasteiger partial charge in [0, 0.05) is 11.8 Å². The van der Waals surface area contributed by atoms with Crippen molar-refractivity contribution in [3.05, 3.63) is 38.1 Å². The summed E-state index contributed by atoms with van der Waals surface area (Å²) in [6, 6.07) is 1.43. The smallest absolute Gasteiger partial charge is 0.341 e. The Bertz CT molecular complexity index is 983. The molecule has 4 N–H and O–H groups in total. The number of carbonyl (C=O) groups is 3. The summed E-state index contributed by atoms with van der Waals surface area (Å²) in [5.74, 6) is -1.82. The first-order chi connectivity index (χ1) is 13.8. The first-order valence-corrected chi connectivity index (χ1v) is 10.7. The van der Waals surface area contributed by atoms with Gasteiger partial charge in [-0.05, 0) is 25.8 Å². The number of nitrogens with two attached hydrogens (primary N) is 1. The summed E-state index contributed by atoms with van der Waals surface area (Å²) in [7, 11) is 0. The number of thiophene rings is 1. The number of hydrogen-bond donors (Lipinski definition) is 3. The van der Waals surface area contributed by atoms with Gasteiger partial charge in [-0.15, -0.1) is 11.3 Å². The predicted octanol–water partition coefficient (Wildman–Crippen LogP) is 2.10. The number of primary amides is 1. The van der Waals surface area contributed by atoms with Crippen LogP contribution in [0, 0.1) is 6.92 Å². The van der Waals surface area contributed by atoms with Gasteiger partial charge in [0.2, 0.25) is 5.91 Å². The summed E-state index contributed by atoms with van der Waals surface area (Å²) in [4.78, 5) is 55.0. The molecule has 0 spiro atoms. The van der Waals surface area contributed by atoms with E-state index in [1.54, 1.807) is 13.8 Å². The van der Waals surface area contributed by atoms with E-state index in [2.05, 4.69) is 15.3 Å². The Labute approximate surface area is 175 Å². The van der Waals surface area contributed by atoms with Gasteiger partial charge < -0.3 is 20.8 Å². The van der Waals surface area contributed by atoms with Gasteiger partial charge in [-0.2, -0.15) is 0 Å². The summed E-state index contributed by atoms with van der Waals surface area (Å²) in [6.45, 7) is 5.36. The zero-order valence-electron chi connectivity index (χ0n) is 16.3. The molecule has 0 atom stereocenters. The van der Waals surface area contributed by atoms with Crippen molar-refractivity contribution in [1.82, 2.24) is 9.97 Å². The highest BCUT2D eigenvalue weighted by atomic mass is 32.2. The number of nitrogens with zero attached hydrogens (tertiary/aromatic N) is 1. The van der Waals surface area contributed by atoms with Crippen LogP contribution in [0.15, 0.2) is 16.0 Å². The average Bonchev–Trinajstić information content (AvgIpc) is 2.96. The molecule has 0 saturated carbocycles. The molecule has 2 heterocycles. The van der Waals surface area contributed by atoms with Gasteiger partial charge in [-0.1, -0.05) is 25.1 Å². The van der Waals surface area contributed by atoms with Gasteiger partial charge in [0.15, 0.2) is 5.16 Å². The van der Waals surface area contributed by atoms with E-state index in [1.165, 1.54) is 6.07 Å². The van der Waals surface area contributed by atoms with Crippen LogP contribution < -0.4 is 16.6 Å². The van der Waals surface area contributed by atoms with Crippen LogP contribution in [0.2, 0.25) is 0 Å². The van der Waals surface area contributed by atoms with Crippen molar-refractivity contribution in [2.24, 2.45) is 5.73 Å². The fraction of sp³-hybridized carbons (Fsp3) is 0.389. The third-order valence-electron chi connectivity index (χ3n) is 3.72. The molecule has 2 aromatic heterocycles. The van der Waals surface area contributed by atoms with Gasteiger partial charge in [0.25, 0.3) is 11.5 Å². The maximum Gasteiger partial charge on any atom is 0.341 e. The van der Waals surface area contributed by atoms with Crippen LogP contribution in [-0.4, -0.2) is 40.1 Å². The highest BCUT2D eigenvalue weighted by Gasteiger charge is 2.25. The number of thioether (sulfide) groups is 1. The number of esters is 1. The molecular weight excluding hydrogens is 416 g/mol. The standard InChI is InChI=1S/C18H22N4O5S2/c1-4-6-10-7-11(23)22-18(20-10)28-8-12(24)21-16-13(17(26)27-5-2)9(3)14(29-16)15(19)25/h7H,4-6,8H2,1-3H3,(H2,19,25)(H,21,24)(H,20,22,23). The molecule has 0 aliphatic heterocycles. The second-order valence-electron chi connectivity index (χ2n) is 5.97. The van der Waals surface area contributed by atoms with E-state index in [9.17, 15) is 19.2 Å². The zero-order valence-corrected chi connectivity index (χ0v) is 17.9. The number of aromatic nitrogens is 2. The van der Waals surface area contributed by atoms with Crippen molar-refractivity contribution in [1.29, 1.82) is 0 Å². The lowest BCUT2D eigenvalue weighted by molar-refractivity contribution is -0.113. The molecule has 0 unspecified atom stereocenters. The van der Waals surface area contributed by atoms with E-state index in [0.717, 1.165) is 29.5 Å². The molecule has 29 heavy (non-hydrogen) atoms. The molecule has 0 fully saturated rings. The monoisotopic (exact) mass is 438 g/mol. The maximum atomic E-state index is 12.4. The SMILES string of the molecule is CCCc1cc(=O)[nH]c(SCC(=O)Nc2sc(C(N)=O)c(C)c2C(=O)OCC)n1. The molecule has 0 saturated heterocycles. The summed E-state index contributed by atoms with van der Waals surface area (Å²) >= 11 is 1.98. The molecule has 0 aromatic carbocycles. The second-order valence-corrected chi connectivity index (χ2v) is 7.96. The summed E-state index contributed by atoms with van der Waals surface area (Å²) in [6.07, 6.45) is 1.51. The zero-order chi connectivity index (χ0) is 21.6. The Balaban J connectivity index is 2.16. The predicted molar refractivity (Wildman–Crippen MR) is 112 cm³/mol. The molecular formula is C18H22N4O5S2. The van der Waals surface area contributed by atoms with Crippen LogP contribution >= 0.6 is 23.1 Å². The molecule has 0 radical (unpaired) electrons. The molecule has 2 amide bonds. The van der Waals surface area contributed by atoms with E-state index in [4.69, 9.17) is 10.5 Å². The molecule has 0 aliphatic rings. The number of aromatic amines is 1. The highest BCUT2D eigenvalue weighted by molar-refractivity contribution is 7.99. The van der Waals surface area contributed by atoms with Crippen LogP contribution in [0.5, 0.6) is 0 Å². The quantitative estimate of drug-likeness (QED) is 0.309. The van der Waals surface area contributed by atoms with Gasteiger partial charge in [-0.25, -0.2) is 9.78 Å². The lowest BCUT2D eigenvalue weighted by Crippen LogP contribution is -2.17. The van der Waals surface area contributed by atoms with E-state index in [-0.39, 0.29) is 33.4 Å². The molecule has 2 aromatic rings. The van der Waals surface area contributed by atoms with Crippen molar-refractivity contribution < 1.29 is 19.1 Å². The molecule has 0 bridgehead atoms. The largest absolute Gasteiger partial charge is 0.462 e. The van der Waals surface area contributed by atoms with Crippen molar-refractivity contribution in [2.75, 3.05) is 17.7 Å². The van der Waals surface area contributed by atoms with Crippen LogP contribution in [0.4, 0.5) is 5.00 Å². The van der Waals surface area contributed by atoms with Gasteiger partial charge >= 0.3 is 5.97 Å². The molecule has 156 valence electrons. The Morgan fingerprint density at radius 3 is 2.69 bits per heavy atom. The Kier molecular flexibility index (Phi) is 7.97. The first-order valence-electron chi connectivity index (χ1n) is 8.89. The van der Waals surface area contributed by atoms with Crippen LogP contribution in [0.3, 0.4) is 0 Å². The molecule has 9 nitrogen and oxygen atoms in total. The number of amides is 2. The number of carbonyl (C=O) groups excluding carboxylic acids is 3. The molecule has 11 heteroatoms. The van der Waals surface area contributed by atoms with Crippen LogP contribution in [-0.2, 0) is 16.0 Å². The van der Waals surface area contributed by atoms with Crippen LogP contribution in [0.1, 0.15) is 51.6 Å².